The van der Waals surface area contributed by atoms with Gasteiger partial charge in [0.15, 0.2) is 12.4 Å². The van der Waals surface area contributed by atoms with E-state index in [1.807, 2.05) is 33.0 Å². The summed E-state index contributed by atoms with van der Waals surface area (Å²) in [6.45, 7) is 34.7. The summed E-state index contributed by atoms with van der Waals surface area (Å²) in [6, 6.07) is 6.17. The second kappa shape index (κ2) is 50.0. The van der Waals surface area contributed by atoms with Gasteiger partial charge in [0.25, 0.3) is 0 Å². The molecule has 0 aliphatic carbocycles. The van der Waals surface area contributed by atoms with Crippen LogP contribution in [0.4, 0.5) is 0 Å². The quantitative estimate of drug-likeness (QED) is 0.0464. The monoisotopic (exact) mass is 1160 g/mol. The van der Waals surface area contributed by atoms with Gasteiger partial charge >= 0.3 is 0 Å². The van der Waals surface area contributed by atoms with Crippen LogP contribution in [0.25, 0.3) is 0 Å². The molecule has 2 aromatic heterocycles. The highest BCUT2D eigenvalue weighted by Gasteiger charge is 2.28. The van der Waals surface area contributed by atoms with E-state index in [4.69, 9.17) is 0 Å². The van der Waals surface area contributed by atoms with Crippen LogP contribution in [0.1, 0.15) is 101 Å². The molecule has 0 bridgehead atoms. The first kappa shape index (κ1) is 76.4. The molecule has 0 aromatic carbocycles. The minimum absolute atomic E-state index is 0.103. The van der Waals surface area contributed by atoms with Gasteiger partial charge in [0.1, 0.15) is 35.9 Å². The molecule has 1 aliphatic rings. The molecular formula is C42H106BN5P14S+6. The van der Waals surface area contributed by atoms with Crippen LogP contribution in [-0.2, 0) is 31.0 Å². The van der Waals surface area contributed by atoms with Gasteiger partial charge in [-0.15, -0.1) is 62.5 Å². The Morgan fingerprint density at radius 3 is 1.38 bits per heavy atom. The highest BCUT2D eigenvalue weighted by atomic mass is 33.3. The van der Waals surface area contributed by atoms with Gasteiger partial charge in [-0.25, -0.2) is 13.7 Å². The molecule has 3 heterocycles. The molecule has 372 valence electrons. The third-order valence-electron chi connectivity index (χ3n) is 10.5. The number of pyridine rings is 1. The summed E-state index contributed by atoms with van der Waals surface area (Å²) < 4.78 is 8.78. The van der Waals surface area contributed by atoms with E-state index in [1.165, 1.54) is 98.9 Å². The minimum atomic E-state index is -0.420. The number of hydrogen-bond acceptors (Lipinski definition) is 0. The van der Waals surface area contributed by atoms with Gasteiger partial charge in [0.05, 0.1) is 100 Å². The molecule has 63 heavy (non-hydrogen) atoms. The van der Waals surface area contributed by atoms with Crippen molar-refractivity contribution in [2.24, 2.45) is 7.05 Å². The standard InChI is InChI=1S/C9H14N.C8H20P.C7H16N.C6H11N2.C6H16N.C6H13S.BH2P.H14P12/c1-2-3-7-10-8-5-4-6-9-10;1-5-9(6-2,7-3)8-4;1-3-8(2)6-4-5-7-8;1-3-8-5-4-7(2)6-8;1-5-6-7(2,3)4;1-4-7(5-2)6-3;1-2;1-8(2)11(7)12(9(3)4)10(5)6/h4-6,8-9H,2-3,7H2,1H3;5-8H2,1-4H3;3-7H2,1-2H3;4-6H,3H2,1-2H3;5-6H2,1-4H3;4H,1,5-6H2,2-3H3;2H2;1-7H2/q6*+1;;. The topological polar surface area (TPSA) is 12.7 Å². The summed E-state index contributed by atoms with van der Waals surface area (Å²) in [7, 11) is 38.4. The first-order valence-electron chi connectivity index (χ1n) is 22.8. The van der Waals surface area contributed by atoms with Crippen LogP contribution in [0.3, 0.4) is 0 Å². The summed E-state index contributed by atoms with van der Waals surface area (Å²) in [5.74, 6) is 2.53. The second-order valence-electron chi connectivity index (χ2n) is 16.1. The predicted molar refractivity (Wildman–Crippen MR) is 347 cm³/mol. The van der Waals surface area contributed by atoms with Gasteiger partial charge in [0.2, 0.25) is 6.33 Å². The van der Waals surface area contributed by atoms with Gasteiger partial charge in [-0.3, -0.25) is 0 Å². The number of likely N-dealkylation sites (tertiary alicyclic amines) is 1. The van der Waals surface area contributed by atoms with Crippen LogP contribution in [0.15, 0.2) is 61.3 Å². The molecule has 5 nitrogen and oxygen atoms in total. The number of quaternary nitrogens is 2. The van der Waals surface area contributed by atoms with Gasteiger partial charge in [-0.2, -0.15) is 9.12 Å². The van der Waals surface area contributed by atoms with Crippen LogP contribution in [-0.4, -0.2) is 112 Å². The van der Waals surface area contributed by atoms with E-state index < -0.39 is 7.26 Å². The maximum atomic E-state index is 4.42. The number of unbranched alkanes of at least 4 members (excludes halogenated alkanes) is 1. The molecule has 2 radical (unpaired) electrons. The van der Waals surface area contributed by atoms with E-state index in [1.54, 1.807) is 0 Å². The lowest BCUT2D eigenvalue weighted by Crippen LogP contribution is -2.40. The SMILES string of the molecule is C=C[S+](CC)CC.CCCC[n+]1ccccc1.CCC[N+](C)(C)C.CC[N+]1(C)CCCC1.CC[P+](CC)(CC)CC.CCn1cc[n+](C)c1.PP(P)P(P)P(P(P)P)P(P)P.[B]P. The molecule has 1 saturated heterocycles. The number of rotatable bonds is 18. The molecule has 0 N–H and O–H groups in total. The molecule has 2 aromatic rings. The third-order valence-corrected chi connectivity index (χ3v) is 84.5. The Balaban J connectivity index is -0.000000208. The Morgan fingerprint density at radius 2 is 1.21 bits per heavy atom. The zero-order valence-electron chi connectivity index (χ0n) is 43.4. The summed E-state index contributed by atoms with van der Waals surface area (Å²) in [5.41, 5.74) is 0. The normalized spacial score (nSPS) is 13.2. The van der Waals surface area contributed by atoms with Crippen LogP contribution in [0, 0.1) is 0 Å². The molecule has 0 spiro atoms. The lowest BCUT2D eigenvalue weighted by atomic mass is 10.3. The van der Waals surface area contributed by atoms with Crippen LogP contribution in [0.2, 0.25) is 0 Å². The average Bonchev–Trinajstić information content (AvgIpc) is 3.91. The fourth-order valence-electron chi connectivity index (χ4n) is 5.90. The number of nitrogens with zero attached hydrogens (tertiary/aromatic N) is 5. The van der Waals surface area contributed by atoms with Crippen molar-refractivity contribution in [2.75, 3.05) is 90.5 Å². The number of hydrogen-bond donors (Lipinski definition) is 0. The molecule has 21 heteroatoms. The maximum absolute atomic E-state index is 4.42. The zero-order chi connectivity index (χ0) is 50.1. The molecule has 0 saturated carbocycles. The lowest BCUT2D eigenvalue weighted by Gasteiger charge is -2.32. The van der Waals surface area contributed by atoms with Crippen molar-refractivity contribution in [1.82, 2.24) is 4.57 Å². The Kier molecular flexibility index (Phi) is 60.6. The molecule has 1 fully saturated rings. The number of aryl methyl sites for hydroxylation is 3. The minimum Gasteiger partial charge on any atom is -0.331 e. The van der Waals surface area contributed by atoms with E-state index in [0.717, 1.165) is 17.6 Å². The fourth-order valence-corrected chi connectivity index (χ4v) is 112. The second-order valence-corrected chi connectivity index (χ2v) is 68.8. The average molecular weight is 1160 g/mol. The van der Waals surface area contributed by atoms with Gasteiger partial charge < -0.3 is 8.97 Å². The van der Waals surface area contributed by atoms with E-state index in [9.17, 15) is 0 Å². The van der Waals surface area contributed by atoms with Gasteiger partial charge in [0, 0.05) is 49.6 Å². The van der Waals surface area contributed by atoms with Crippen molar-refractivity contribution in [3.05, 3.63) is 61.3 Å². The summed E-state index contributed by atoms with van der Waals surface area (Å²) in [4.78, 5) is 0. The Labute approximate surface area is 425 Å². The van der Waals surface area contributed by atoms with E-state index in [0.29, 0.717) is 10.9 Å². The Morgan fingerprint density at radius 1 is 0.746 bits per heavy atom. The molecular weight excluding hydrogens is 1050 g/mol. The summed E-state index contributed by atoms with van der Waals surface area (Å²) in [5, 5.41) is 2.06. The first-order valence-corrected chi connectivity index (χ1v) is 48.5. The fraction of sp³-hybridized carbons (Fsp3) is 0.762. The molecule has 3 rings (SSSR count). The van der Waals surface area contributed by atoms with Crippen molar-refractivity contribution >= 4 is 132 Å². The summed E-state index contributed by atoms with van der Waals surface area (Å²) in [6.07, 6.45) is 22.9. The Hall–Kier alpha value is 4.45. The van der Waals surface area contributed by atoms with Crippen molar-refractivity contribution in [1.29, 1.82) is 0 Å². The van der Waals surface area contributed by atoms with Crippen molar-refractivity contribution in [3.63, 3.8) is 0 Å². The number of imidazole rings is 1. The van der Waals surface area contributed by atoms with Crippen LogP contribution >= 0.6 is 114 Å². The molecule has 1 aliphatic heterocycles. The smallest absolute Gasteiger partial charge is 0.243 e. The van der Waals surface area contributed by atoms with Crippen LogP contribution in [0.5, 0.6) is 0 Å². The van der Waals surface area contributed by atoms with E-state index in [2.05, 4.69) is 226 Å². The van der Waals surface area contributed by atoms with Crippen molar-refractivity contribution in [2.45, 2.75) is 114 Å². The predicted octanol–water partition coefficient (Wildman–Crippen LogP) is 15.9. The first-order chi connectivity index (χ1) is 29.5. The lowest BCUT2D eigenvalue weighted by molar-refractivity contribution is -0.895. The Bertz CT molecular complexity index is 1210. The van der Waals surface area contributed by atoms with Crippen molar-refractivity contribution < 1.29 is 18.1 Å². The van der Waals surface area contributed by atoms with E-state index >= 15 is 0 Å². The van der Waals surface area contributed by atoms with Gasteiger partial charge in [-0.05, 0) is 96.7 Å². The molecule has 0 amide bonds. The number of aromatic nitrogens is 3. The third kappa shape index (κ3) is 46.0. The molecule has 9 atom stereocenters. The molecule has 9 unspecified atom stereocenters. The highest BCUT2D eigenvalue weighted by molar-refractivity contribution is 9.21. The highest BCUT2D eigenvalue weighted by Crippen LogP contribution is 3.16. The van der Waals surface area contributed by atoms with Crippen LogP contribution < -0.4 is 9.13 Å². The maximum Gasteiger partial charge on any atom is 0.243 e. The summed E-state index contributed by atoms with van der Waals surface area (Å²) >= 11 is 0. The van der Waals surface area contributed by atoms with Gasteiger partial charge in [-0.1, -0.05) is 32.9 Å². The van der Waals surface area contributed by atoms with Crippen molar-refractivity contribution in [3.8, 4) is 0 Å². The zero-order valence-corrected chi connectivity index (χ0v) is 58.9. The van der Waals surface area contributed by atoms with E-state index in [-0.39, 0.29) is 34.9 Å². The largest absolute Gasteiger partial charge is 0.331 e.